The van der Waals surface area contributed by atoms with Crippen molar-refractivity contribution in [2.45, 2.75) is 33.8 Å². The van der Waals surface area contributed by atoms with Gasteiger partial charge in [0, 0.05) is 12.6 Å². The van der Waals surface area contributed by atoms with Gasteiger partial charge in [-0.3, -0.25) is 0 Å². The molecule has 1 radical (unpaired) electrons. The summed E-state index contributed by atoms with van der Waals surface area (Å²) in [5.74, 6) is 0. The molecule has 0 aliphatic rings. The van der Waals surface area contributed by atoms with Crippen molar-refractivity contribution in [1.82, 2.24) is 0 Å². The van der Waals surface area contributed by atoms with Crippen LogP contribution in [0, 0.1) is 5.41 Å². The van der Waals surface area contributed by atoms with Crippen molar-refractivity contribution in [3.63, 3.8) is 0 Å². The molecule has 0 spiro atoms. The predicted octanol–water partition coefficient (Wildman–Crippen LogP) is 2.76. The van der Waals surface area contributed by atoms with Crippen molar-refractivity contribution in [2.75, 3.05) is 0 Å². The Morgan fingerprint density at radius 3 is 2.00 bits per heavy atom. The van der Waals surface area contributed by atoms with Crippen LogP contribution in [0.15, 0.2) is 0 Å². The van der Waals surface area contributed by atoms with Crippen LogP contribution in [0.1, 0.15) is 27.7 Å². The van der Waals surface area contributed by atoms with Gasteiger partial charge in [0.25, 0.3) is 0 Å². The van der Waals surface area contributed by atoms with E-state index in [1.807, 2.05) is 27.7 Å². The maximum absolute atomic E-state index is 10.3. The van der Waals surface area contributed by atoms with E-state index in [0.29, 0.717) is 0 Å². The zero-order valence-electron chi connectivity index (χ0n) is 6.80. The lowest BCUT2D eigenvalue weighted by Gasteiger charge is -2.25. The van der Waals surface area contributed by atoms with Gasteiger partial charge in [-0.1, -0.05) is 20.8 Å². The Bertz CT molecular complexity index is 126. The summed E-state index contributed by atoms with van der Waals surface area (Å²) in [5, 5.41) is -0.623. The molecule has 10 heavy (non-hydrogen) atoms. The van der Waals surface area contributed by atoms with Gasteiger partial charge in [0.2, 0.25) is 0 Å². The third-order valence-electron chi connectivity index (χ3n) is 1.49. The van der Waals surface area contributed by atoms with E-state index < -0.39 is 5.30 Å². The van der Waals surface area contributed by atoms with E-state index in [-0.39, 0.29) is 11.5 Å². The van der Waals surface area contributed by atoms with E-state index in [9.17, 15) is 4.79 Å². The molecule has 0 rings (SSSR count). The molecule has 0 amide bonds. The number of hydrogen-bond acceptors (Lipinski definition) is 2. The Morgan fingerprint density at radius 2 is 1.90 bits per heavy atom. The summed E-state index contributed by atoms with van der Waals surface area (Å²) in [5.41, 5.74) is -0.0194. The standard InChI is InChI=1S/C7H13O2S/c1-5(7(2,3)4)9-6(8)10/h5H,1-4H3. The van der Waals surface area contributed by atoms with Gasteiger partial charge in [-0.15, -0.1) is 0 Å². The molecule has 0 aromatic carbocycles. The first-order valence-corrected chi connectivity index (χ1v) is 3.62. The van der Waals surface area contributed by atoms with Crippen LogP contribution in [0.4, 0.5) is 4.79 Å². The molecule has 0 saturated carbocycles. The minimum atomic E-state index is -0.623. The van der Waals surface area contributed by atoms with Crippen molar-refractivity contribution in [1.29, 1.82) is 0 Å². The summed E-state index contributed by atoms with van der Waals surface area (Å²) in [6.07, 6.45) is -0.113. The fraction of sp³-hybridized carbons (Fsp3) is 0.857. The van der Waals surface area contributed by atoms with E-state index in [4.69, 9.17) is 4.74 Å². The molecule has 0 aromatic rings. The van der Waals surface area contributed by atoms with Crippen molar-refractivity contribution >= 4 is 17.9 Å². The largest absolute Gasteiger partial charge is 0.451 e. The lowest BCUT2D eigenvalue weighted by molar-refractivity contribution is 0.0614. The second-order valence-corrected chi connectivity index (χ2v) is 3.71. The van der Waals surface area contributed by atoms with Gasteiger partial charge in [0.1, 0.15) is 6.10 Å². The monoisotopic (exact) mass is 161 g/mol. The molecular weight excluding hydrogens is 148 g/mol. The second-order valence-electron chi connectivity index (χ2n) is 3.38. The molecule has 0 aliphatic carbocycles. The first-order valence-electron chi connectivity index (χ1n) is 3.21. The molecule has 1 unspecified atom stereocenters. The van der Waals surface area contributed by atoms with E-state index in [2.05, 4.69) is 12.6 Å². The summed E-state index contributed by atoms with van der Waals surface area (Å²) in [6.45, 7) is 7.83. The highest BCUT2D eigenvalue weighted by Crippen LogP contribution is 2.21. The Hall–Kier alpha value is -0.310. The lowest BCUT2D eigenvalue weighted by Crippen LogP contribution is -2.26. The van der Waals surface area contributed by atoms with Crippen molar-refractivity contribution in [3.05, 3.63) is 0 Å². The SMILES string of the molecule is CC(OC(=O)[S])C(C)(C)C. The fourth-order valence-corrected chi connectivity index (χ4v) is 0.465. The number of rotatable bonds is 1. The fourth-order valence-electron chi connectivity index (χ4n) is 0.321. The summed E-state index contributed by atoms with van der Waals surface area (Å²) in [7, 11) is 0. The summed E-state index contributed by atoms with van der Waals surface area (Å²) >= 11 is 4.26. The zero-order chi connectivity index (χ0) is 8.36. The zero-order valence-corrected chi connectivity index (χ0v) is 7.62. The summed E-state index contributed by atoms with van der Waals surface area (Å²) in [4.78, 5) is 10.3. The predicted molar refractivity (Wildman–Crippen MR) is 43.0 cm³/mol. The Labute approximate surface area is 67.4 Å². The highest BCUT2D eigenvalue weighted by atomic mass is 32.1. The van der Waals surface area contributed by atoms with Gasteiger partial charge in [-0.2, -0.15) is 0 Å². The lowest BCUT2D eigenvalue weighted by atomic mass is 9.90. The van der Waals surface area contributed by atoms with Crippen LogP contribution in [0.25, 0.3) is 0 Å². The first-order chi connectivity index (χ1) is 4.34. The molecule has 3 heteroatoms. The number of hydrogen-bond donors (Lipinski definition) is 0. The molecule has 0 saturated heterocycles. The summed E-state index contributed by atoms with van der Waals surface area (Å²) in [6, 6.07) is 0. The minimum absolute atomic E-state index is 0.0194. The number of carbonyl (C=O) groups is 1. The Kier molecular flexibility index (Phi) is 3.09. The van der Waals surface area contributed by atoms with Gasteiger partial charge in [0.15, 0.2) is 0 Å². The van der Waals surface area contributed by atoms with Crippen molar-refractivity contribution in [2.24, 2.45) is 5.41 Å². The highest BCUT2D eigenvalue weighted by molar-refractivity contribution is 7.96. The average molecular weight is 161 g/mol. The third-order valence-corrected chi connectivity index (χ3v) is 1.59. The normalized spacial score (nSPS) is 14.4. The van der Waals surface area contributed by atoms with Crippen molar-refractivity contribution < 1.29 is 9.53 Å². The van der Waals surface area contributed by atoms with E-state index in [0.717, 1.165) is 0 Å². The molecular formula is C7H13O2S. The van der Waals surface area contributed by atoms with Crippen LogP contribution in [-0.4, -0.2) is 11.4 Å². The molecule has 1 atom stereocenters. The smallest absolute Gasteiger partial charge is 0.400 e. The maximum atomic E-state index is 10.3. The molecule has 0 fully saturated rings. The first kappa shape index (κ1) is 9.69. The van der Waals surface area contributed by atoms with Crippen LogP contribution in [0.5, 0.6) is 0 Å². The van der Waals surface area contributed by atoms with Gasteiger partial charge in [0.05, 0.1) is 0 Å². The highest BCUT2D eigenvalue weighted by Gasteiger charge is 2.22. The molecule has 0 bridgehead atoms. The molecule has 59 valence electrons. The van der Waals surface area contributed by atoms with Gasteiger partial charge in [-0.05, 0) is 12.3 Å². The topological polar surface area (TPSA) is 26.3 Å². The van der Waals surface area contributed by atoms with Crippen LogP contribution in [0.2, 0.25) is 0 Å². The average Bonchev–Trinajstić information content (AvgIpc) is 1.60. The van der Waals surface area contributed by atoms with Crippen LogP contribution in [0.3, 0.4) is 0 Å². The molecule has 0 N–H and O–H groups in total. The Balaban J connectivity index is 3.85. The number of carbonyl (C=O) groups excluding carboxylic acids is 1. The van der Waals surface area contributed by atoms with Gasteiger partial charge < -0.3 is 4.74 Å². The second kappa shape index (κ2) is 3.19. The molecule has 0 aromatic heterocycles. The van der Waals surface area contributed by atoms with Gasteiger partial charge in [-0.25, -0.2) is 4.79 Å². The molecule has 0 aliphatic heterocycles. The van der Waals surface area contributed by atoms with E-state index in [1.165, 1.54) is 0 Å². The van der Waals surface area contributed by atoms with Crippen LogP contribution < -0.4 is 0 Å². The molecule has 0 heterocycles. The van der Waals surface area contributed by atoms with E-state index in [1.54, 1.807) is 0 Å². The third kappa shape index (κ3) is 3.67. The maximum Gasteiger partial charge on any atom is 0.400 e. The quantitative estimate of drug-likeness (QED) is 0.553. The van der Waals surface area contributed by atoms with Crippen LogP contribution >= 0.6 is 12.6 Å². The summed E-state index contributed by atoms with van der Waals surface area (Å²) < 4.78 is 4.79. The van der Waals surface area contributed by atoms with Crippen LogP contribution in [-0.2, 0) is 4.74 Å². The molecule has 2 nitrogen and oxygen atoms in total. The minimum Gasteiger partial charge on any atom is -0.451 e. The number of ether oxygens (including phenoxy) is 1. The Morgan fingerprint density at radius 1 is 1.50 bits per heavy atom. The van der Waals surface area contributed by atoms with Gasteiger partial charge >= 0.3 is 5.30 Å². The van der Waals surface area contributed by atoms with E-state index >= 15 is 0 Å². The van der Waals surface area contributed by atoms with Crippen molar-refractivity contribution in [3.8, 4) is 0 Å².